The molecule has 3 heterocycles. The molecule has 9 rings (SSSR count). The maximum atomic E-state index is 5.40. The average molecular weight is 562 g/mol. The molecule has 9 aromatic rings. The molecule has 0 amide bonds. The first-order valence-corrected chi connectivity index (χ1v) is 15.0. The molecule has 0 aliphatic heterocycles. The molecular weight excluding hydrogens is 534 g/mol. The second-order valence-corrected chi connectivity index (χ2v) is 11.2. The molecule has 0 aliphatic rings. The van der Waals surface area contributed by atoms with E-state index in [1.54, 1.807) is 0 Å². The quantitative estimate of drug-likeness (QED) is 0.210. The number of rotatable bonds is 4. The maximum absolute atomic E-state index is 5.40. The van der Waals surface area contributed by atoms with Gasteiger partial charge >= 0.3 is 0 Å². The second kappa shape index (κ2) is 9.82. The van der Waals surface area contributed by atoms with Gasteiger partial charge in [0.15, 0.2) is 0 Å². The largest absolute Gasteiger partial charge is 0.307 e. The van der Waals surface area contributed by atoms with E-state index in [0.717, 1.165) is 55.8 Å². The van der Waals surface area contributed by atoms with Crippen molar-refractivity contribution < 1.29 is 0 Å². The molecule has 0 saturated carbocycles. The molecule has 0 N–H and O–H groups in total. The van der Waals surface area contributed by atoms with Gasteiger partial charge < -0.3 is 4.57 Å². The topological polar surface area (TPSA) is 22.8 Å². The maximum Gasteiger partial charge on any atom is 0.146 e. The SMILES string of the molecule is c1ccc(-c2c(-n3c4ccccc4c4ccccc43)cnc(-n3c4ccccc4c4ccccc43)c2-c2ccccc2)cc1. The molecule has 206 valence electrons. The minimum Gasteiger partial charge on any atom is -0.307 e. The molecule has 0 spiro atoms. The zero-order valence-corrected chi connectivity index (χ0v) is 23.9. The Kier molecular flexibility index (Phi) is 5.50. The normalized spacial score (nSPS) is 11.6. The summed E-state index contributed by atoms with van der Waals surface area (Å²) in [6, 6.07) is 56.1. The number of aromatic nitrogens is 3. The highest BCUT2D eigenvalue weighted by Gasteiger charge is 2.24. The van der Waals surface area contributed by atoms with Crippen LogP contribution in [-0.2, 0) is 0 Å². The average Bonchev–Trinajstić information content (AvgIpc) is 3.61. The number of pyridine rings is 1. The Morgan fingerprint density at radius 1 is 0.341 bits per heavy atom. The monoisotopic (exact) mass is 561 g/mol. The Balaban J connectivity index is 1.50. The van der Waals surface area contributed by atoms with Crippen LogP contribution in [0.5, 0.6) is 0 Å². The van der Waals surface area contributed by atoms with E-state index in [1.165, 1.54) is 21.5 Å². The predicted molar refractivity (Wildman–Crippen MR) is 184 cm³/mol. The van der Waals surface area contributed by atoms with Crippen molar-refractivity contribution >= 4 is 43.6 Å². The minimum atomic E-state index is 0.914. The van der Waals surface area contributed by atoms with Crippen LogP contribution in [0.15, 0.2) is 164 Å². The zero-order chi connectivity index (χ0) is 29.0. The van der Waals surface area contributed by atoms with Gasteiger partial charge in [-0.1, -0.05) is 133 Å². The smallest absolute Gasteiger partial charge is 0.146 e. The van der Waals surface area contributed by atoms with E-state index < -0.39 is 0 Å². The molecule has 0 bridgehead atoms. The number of fused-ring (bicyclic) bond motifs is 6. The van der Waals surface area contributed by atoms with Gasteiger partial charge in [-0.25, -0.2) is 4.98 Å². The Morgan fingerprint density at radius 3 is 1.16 bits per heavy atom. The number of hydrogen-bond donors (Lipinski definition) is 0. The second-order valence-electron chi connectivity index (χ2n) is 11.2. The number of para-hydroxylation sites is 4. The molecular formula is C41H27N3. The van der Waals surface area contributed by atoms with Gasteiger partial charge in [0.1, 0.15) is 5.82 Å². The van der Waals surface area contributed by atoms with Crippen LogP contribution in [0.2, 0.25) is 0 Å². The van der Waals surface area contributed by atoms with Gasteiger partial charge in [-0.15, -0.1) is 0 Å². The number of nitrogens with zero attached hydrogens (tertiary/aromatic N) is 3. The fourth-order valence-corrected chi connectivity index (χ4v) is 6.94. The molecule has 44 heavy (non-hydrogen) atoms. The lowest BCUT2D eigenvalue weighted by atomic mass is 9.93. The van der Waals surface area contributed by atoms with Crippen LogP contribution in [0.25, 0.3) is 77.4 Å². The first kappa shape index (κ1) is 24.6. The summed E-state index contributed by atoms with van der Waals surface area (Å²) in [4.78, 5) is 5.40. The van der Waals surface area contributed by atoms with E-state index in [2.05, 4.69) is 173 Å². The molecule has 0 fully saturated rings. The highest BCUT2D eigenvalue weighted by Crippen LogP contribution is 2.44. The van der Waals surface area contributed by atoms with Crippen LogP contribution >= 0.6 is 0 Å². The van der Waals surface area contributed by atoms with Crippen molar-refractivity contribution in [3.8, 4) is 33.8 Å². The minimum absolute atomic E-state index is 0.914. The van der Waals surface area contributed by atoms with Crippen molar-refractivity contribution in [1.82, 2.24) is 14.1 Å². The molecule has 0 saturated heterocycles. The van der Waals surface area contributed by atoms with Crippen LogP contribution in [0.4, 0.5) is 0 Å². The van der Waals surface area contributed by atoms with Crippen molar-refractivity contribution in [2.45, 2.75) is 0 Å². The number of hydrogen-bond acceptors (Lipinski definition) is 1. The Morgan fingerprint density at radius 2 is 0.705 bits per heavy atom. The van der Waals surface area contributed by atoms with Gasteiger partial charge in [0.25, 0.3) is 0 Å². The summed E-state index contributed by atoms with van der Waals surface area (Å²) < 4.78 is 4.73. The molecule has 0 radical (unpaired) electrons. The van der Waals surface area contributed by atoms with Gasteiger partial charge in [-0.2, -0.15) is 0 Å². The number of benzene rings is 6. The lowest BCUT2D eigenvalue weighted by Crippen LogP contribution is -2.07. The van der Waals surface area contributed by atoms with Crippen molar-refractivity contribution in [2.24, 2.45) is 0 Å². The van der Waals surface area contributed by atoms with E-state index in [4.69, 9.17) is 4.98 Å². The third kappa shape index (κ3) is 3.60. The summed E-state index contributed by atoms with van der Waals surface area (Å²) in [6.45, 7) is 0. The molecule has 0 aliphatic carbocycles. The molecule has 3 nitrogen and oxygen atoms in total. The van der Waals surface area contributed by atoms with Gasteiger partial charge in [-0.05, 0) is 35.4 Å². The fraction of sp³-hybridized carbons (Fsp3) is 0. The van der Waals surface area contributed by atoms with Crippen molar-refractivity contribution in [1.29, 1.82) is 0 Å². The van der Waals surface area contributed by atoms with Crippen LogP contribution in [0, 0.1) is 0 Å². The van der Waals surface area contributed by atoms with Crippen molar-refractivity contribution in [3.63, 3.8) is 0 Å². The highest BCUT2D eigenvalue weighted by atomic mass is 15.1. The Labute approximate surface area is 254 Å². The molecule has 3 heteroatoms. The Bertz CT molecular complexity index is 2200. The first-order chi connectivity index (χ1) is 21.9. The van der Waals surface area contributed by atoms with Crippen LogP contribution in [0.3, 0.4) is 0 Å². The summed E-state index contributed by atoms with van der Waals surface area (Å²) in [5, 5.41) is 4.90. The fourth-order valence-electron chi connectivity index (χ4n) is 6.94. The zero-order valence-electron chi connectivity index (χ0n) is 23.9. The van der Waals surface area contributed by atoms with Gasteiger partial charge in [0.2, 0.25) is 0 Å². The third-order valence-electron chi connectivity index (χ3n) is 8.78. The predicted octanol–water partition coefficient (Wildman–Crippen LogP) is 10.6. The molecule has 3 aromatic heterocycles. The van der Waals surface area contributed by atoms with Crippen LogP contribution in [-0.4, -0.2) is 14.1 Å². The summed E-state index contributed by atoms with van der Waals surface area (Å²) in [5.41, 5.74) is 10.2. The summed E-state index contributed by atoms with van der Waals surface area (Å²) >= 11 is 0. The first-order valence-electron chi connectivity index (χ1n) is 15.0. The Hall–Kier alpha value is -5.93. The van der Waals surface area contributed by atoms with Crippen molar-refractivity contribution in [2.75, 3.05) is 0 Å². The third-order valence-corrected chi connectivity index (χ3v) is 8.78. The standard InChI is InChI=1S/C41H27N3/c1-3-15-28(16-4-1)39-38(43-34-23-11-7-19-30(34)31-20-8-12-24-35(31)43)27-42-41(40(39)29-17-5-2-6-18-29)44-36-25-13-9-21-32(36)33-22-10-14-26-37(33)44/h1-27H. The molecule has 0 atom stereocenters. The molecule has 6 aromatic carbocycles. The van der Waals surface area contributed by atoms with E-state index in [-0.39, 0.29) is 0 Å². The highest BCUT2D eigenvalue weighted by molar-refractivity contribution is 6.12. The summed E-state index contributed by atoms with van der Waals surface area (Å²) in [6.07, 6.45) is 2.08. The lowest BCUT2D eigenvalue weighted by Gasteiger charge is -2.22. The van der Waals surface area contributed by atoms with Crippen LogP contribution < -0.4 is 0 Å². The van der Waals surface area contributed by atoms with Crippen molar-refractivity contribution in [3.05, 3.63) is 164 Å². The van der Waals surface area contributed by atoms with E-state index in [9.17, 15) is 0 Å². The lowest BCUT2D eigenvalue weighted by molar-refractivity contribution is 1.06. The van der Waals surface area contributed by atoms with Gasteiger partial charge in [0.05, 0.1) is 34.0 Å². The van der Waals surface area contributed by atoms with Crippen LogP contribution in [0.1, 0.15) is 0 Å². The molecule has 0 unspecified atom stereocenters. The summed E-state index contributed by atoms with van der Waals surface area (Å²) in [7, 11) is 0. The van der Waals surface area contributed by atoms with Gasteiger partial charge in [-0.3, -0.25) is 4.57 Å². The van der Waals surface area contributed by atoms with E-state index in [1.807, 2.05) is 0 Å². The summed E-state index contributed by atoms with van der Waals surface area (Å²) in [5.74, 6) is 0.914. The van der Waals surface area contributed by atoms with E-state index in [0.29, 0.717) is 0 Å². The van der Waals surface area contributed by atoms with Gasteiger partial charge in [0, 0.05) is 32.7 Å². The van der Waals surface area contributed by atoms with E-state index >= 15 is 0 Å².